The summed E-state index contributed by atoms with van der Waals surface area (Å²) in [5.41, 5.74) is 0.543. The molecule has 0 spiro atoms. The molecular formula is C13H20N2O4S. The molecule has 2 N–H and O–H groups in total. The smallest absolute Gasteiger partial charge is 0.243 e. The molecule has 7 heteroatoms. The summed E-state index contributed by atoms with van der Waals surface area (Å²) in [4.78, 5) is 11.3. The van der Waals surface area contributed by atoms with Crippen molar-refractivity contribution in [3.8, 4) is 0 Å². The lowest BCUT2D eigenvalue weighted by Gasteiger charge is -2.17. The maximum absolute atomic E-state index is 12.3. The minimum Gasteiger partial charge on any atom is -0.388 e. The summed E-state index contributed by atoms with van der Waals surface area (Å²) in [7, 11) is -0.961. The van der Waals surface area contributed by atoms with E-state index in [2.05, 4.69) is 5.32 Å². The third kappa shape index (κ3) is 3.78. The highest BCUT2D eigenvalue weighted by atomic mass is 32.2. The van der Waals surface area contributed by atoms with Gasteiger partial charge in [0, 0.05) is 14.1 Å². The van der Waals surface area contributed by atoms with Crippen molar-refractivity contribution in [3.63, 3.8) is 0 Å². The minimum atomic E-state index is -3.75. The lowest BCUT2D eigenvalue weighted by molar-refractivity contribution is -0.120. The van der Waals surface area contributed by atoms with Crippen molar-refractivity contribution in [1.29, 1.82) is 0 Å². The van der Waals surface area contributed by atoms with Crippen molar-refractivity contribution in [3.05, 3.63) is 29.8 Å². The zero-order chi connectivity index (χ0) is 15.3. The largest absolute Gasteiger partial charge is 0.388 e. The van der Waals surface area contributed by atoms with Crippen molar-refractivity contribution < 1.29 is 18.3 Å². The number of benzene rings is 1. The topological polar surface area (TPSA) is 86.7 Å². The summed E-state index contributed by atoms with van der Waals surface area (Å²) in [6.07, 6.45) is -0.202. The lowest BCUT2D eigenvalue weighted by Crippen LogP contribution is -2.36. The second kappa shape index (κ2) is 6.83. The molecular weight excluding hydrogens is 280 g/mol. The van der Waals surface area contributed by atoms with E-state index in [0.29, 0.717) is 12.0 Å². The number of carbonyl (C=O) groups excluding carboxylic acids is 1. The first kappa shape index (κ1) is 16.6. The van der Waals surface area contributed by atoms with E-state index in [1.54, 1.807) is 12.1 Å². The van der Waals surface area contributed by atoms with Crippen LogP contribution in [-0.2, 0) is 14.8 Å². The summed E-state index contributed by atoms with van der Waals surface area (Å²) in [6.45, 7) is 1.56. The van der Waals surface area contributed by atoms with Gasteiger partial charge in [-0.05, 0) is 24.1 Å². The fourth-order valence-corrected chi connectivity index (χ4v) is 2.85. The Morgan fingerprint density at radius 2 is 2.10 bits per heavy atom. The number of hydrogen-bond donors (Lipinski definition) is 2. The molecule has 1 amide bonds. The van der Waals surface area contributed by atoms with Gasteiger partial charge in [-0.25, -0.2) is 8.42 Å². The molecule has 1 aromatic carbocycles. The van der Waals surface area contributed by atoms with Crippen LogP contribution in [0.5, 0.6) is 0 Å². The average Bonchev–Trinajstić information content (AvgIpc) is 2.46. The molecule has 0 bridgehead atoms. The molecule has 0 heterocycles. The molecule has 20 heavy (non-hydrogen) atoms. The number of nitrogens with one attached hydrogen (secondary N) is 1. The number of carbonyl (C=O) groups is 1. The predicted octanol–water partition coefficient (Wildman–Crippen LogP) is 0.496. The third-order valence-electron chi connectivity index (χ3n) is 2.98. The van der Waals surface area contributed by atoms with Gasteiger partial charge in [0.05, 0.1) is 17.5 Å². The van der Waals surface area contributed by atoms with Gasteiger partial charge in [0.15, 0.2) is 0 Å². The molecule has 0 aliphatic rings. The number of nitrogens with zero attached hydrogens (tertiary/aromatic N) is 1. The molecule has 1 atom stereocenters. The van der Waals surface area contributed by atoms with Crippen LogP contribution in [-0.4, -0.2) is 44.4 Å². The Labute approximate surface area is 119 Å². The Hall–Kier alpha value is -1.44. The zero-order valence-corrected chi connectivity index (χ0v) is 12.6. The molecule has 1 rings (SSSR count). The van der Waals surface area contributed by atoms with Crippen LogP contribution in [0.2, 0.25) is 0 Å². The van der Waals surface area contributed by atoms with Crippen molar-refractivity contribution in [2.45, 2.75) is 24.3 Å². The van der Waals surface area contributed by atoms with E-state index in [0.717, 1.165) is 4.31 Å². The SMILES string of the molecule is CCC(O)c1cccc(S(=O)(=O)N(C)CC(=O)NC)c1. The summed E-state index contributed by atoms with van der Waals surface area (Å²) in [6, 6.07) is 6.13. The molecule has 0 radical (unpaired) electrons. The van der Waals surface area contributed by atoms with Crippen LogP contribution in [0.1, 0.15) is 25.0 Å². The Morgan fingerprint density at radius 1 is 1.45 bits per heavy atom. The van der Waals surface area contributed by atoms with E-state index in [1.165, 1.54) is 26.2 Å². The number of aliphatic hydroxyl groups excluding tert-OH is 1. The number of hydrogen-bond acceptors (Lipinski definition) is 4. The van der Waals surface area contributed by atoms with E-state index >= 15 is 0 Å². The van der Waals surface area contributed by atoms with Crippen LogP contribution in [0.3, 0.4) is 0 Å². The summed E-state index contributed by atoms with van der Waals surface area (Å²) >= 11 is 0. The van der Waals surface area contributed by atoms with Gasteiger partial charge >= 0.3 is 0 Å². The van der Waals surface area contributed by atoms with Crippen LogP contribution < -0.4 is 5.32 Å². The van der Waals surface area contributed by atoms with Crippen molar-refractivity contribution in [2.24, 2.45) is 0 Å². The number of amides is 1. The molecule has 0 aliphatic heterocycles. The van der Waals surface area contributed by atoms with Gasteiger partial charge in [-0.2, -0.15) is 4.31 Å². The highest BCUT2D eigenvalue weighted by Crippen LogP contribution is 2.21. The second-order valence-corrected chi connectivity index (χ2v) is 6.48. The number of sulfonamides is 1. The van der Waals surface area contributed by atoms with E-state index in [9.17, 15) is 18.3 Å². The molecule has 1 unspecified atom stereocenters. The Kier molecular flexibility index (Phi) is 5.67. The maximum Gasteiger partial charge on any atom is 0.243 e. The van der Waals surface area contributed by atoms with E-state index in [1.807, 2.05) is 6.92 Å². The molecule has 6 nitrogen and oxygen atoms in total. The van der Waals surface area contributed by atoms with Gasteiger partial charge in [0.25, 0.3) is 0 Å². The summed E-state index contributed by atoms with van der Waals surface area (Å²) in [5.74, 6) is -0.388. The average molecular weight is 300 g/mol. The van der Waals surface area contributed by atoms with Gasteiger partial charge < -0.3 is 10.4 Å². The van der Waals surface area contributed by atoms with Crippen molar-refractivity contribution in [1.82, 2.24) is 9.62 Å². The van der Waals surface area contributed by atoms with E-state index in [-0.39, 0.29) is 17.3 Å². The standard InChI is InChI=1S/C13H20N2O4S/c1-4-12(16)10-6-5-7-11(8-10)20(18,19)15(3)9-13(17)14-2/h5-8,12,16H,4,9H2,1-3H3,(H,14,17). The highest BCUT2D eigenvalue weighted by molar-refractivity contribution is 7.89. The number of rotatable bonds is 6. The quantitative estimate of drug-likeness (QED) is 0.801. The Balaban J connectivity index is 3.06. The molecule has 112 valence electrons. The minimum absolute atomic E-state index is 0.0638. The van der Waals surface area contributed by atoms with Crippen molar-refractivity contribution in [2.75, 3.05) is 20.6 Å². The predicted molar refractivity (Wildman–Crippen MR) is 75.6 cm³/mol. The lowest BCUT2D eigenvalue weighted by atomic mass is 10.1. The van der Waals surface area contributed by atoms with E-state index in [4.69, 9.17) is 0 Å². The normalized spacial score (nSPS) is 13.2. The maximum atomic E-state index is 12.3. The van der Waals surface area contributed by atoms with E-state index < -0.39 is 16.1 Å². The molecule has 0 aliphatic carbocycles. The molecule has 0 saturated carbocycles. The zero-order valence-electron chi connectivity index (χ0n) is 11.8. The monoisotopic (exact) mass is 300 g/mol. The van der Waals surface area contributed by atoms with Crippen LogP contribution in [0.15, 0.2) is 29.2 Å². The van der Waals surface area contributed by atoms with Crippen molar-refractivity contribution >= 4 is 15.9 Å². The molecule has 1 aromatic rings. The summed E-state index contributed by atoms with van der Waals surface area (Å²) < 4.78 is 25.6. The van der Waals surface area contributed by atoms with Gasteiger partial charge in [-0.3, -0.25) is 4.79 Å². The first-order valence-corrected chi connectivity index (χ1v) is 7.71. The summed E-state index contributed by atoms with van der Waals surface area (Å²) in [5, 5.41) is 12.1. The molecule has 0 saturated heterocycles. The van der Waals surface area contributed by atoms with Gasteiger partial charge in [0.2, 0.25) is 15.9 Å². The number of aliphatic hydroxyl groups is 1. The number of likely N-dealkylation sites (N-methyl/N-ethyl adjacent to an activating group) is 2. The van der Waals surface area contributed by atoms with Crippen LogP contribution in [0, 0.1) is 0 Å². The fraction of sp³-hybridized carbons (Fsp3) is 0.462. The first-order chi connectivity index (χ1) is 9.32. The Bertz CT molecular complexity index is 571. The second-order valence-electron chi connectivity index (χ2n) is 4.43. The van der Waals surface area contributed by atoms with Gasteiger partial charge in [-0.15, -0.1) is 0 Å². The van der Waals surface area contributed by atoms with Crippen LogP contribution >= 0.6 is 0 Å². The van der Waals surface area contributed by atoms with Crippen LogP contribution in [0.25, 0.3) is 0 Å². The van der Waals surface area contributed by atoms with Gasteiger partial charge in [0.1, 0.15) is 0 Å². The first-order valence-electron chi connectivity index (χ1n) is 6.27. The third-order valence-corrected chi connectivity index (χ3v) is 4.78. The molecule has 0 aromatic heterocycles. The Morgan fingerprint density at radius 3 is 2.65 bits per heavy atom. The van der Waals surface area contributed by atoms with Crippen LogP contribution in [0.4, 0.5) is 0 Å². The molecule has 0 fully saturated rings. The van der Waals surface area contributed by atoms with Gasteiger partial charge in [-0.1, -0.05) is 19.1 Å². The fourth-order valence-electron chi connectivity index (χ4n) is 1.66. The highest BCUT2D eigenvalue weighted by Gasteiger charge is 2.23.